The summed E-state index contributed by atoms with van der Waals surface area (Å²) in [6, 6.07) is 9.39. The molecule has 1 aliphatic carbocycles. The topological polar surface area (TPSA) is 12.0 Å². The molecule has 0 radical (unpaired) electrons. The van der Waals surface area contributed by atoms with Crippen LogP contribution < -0.4 is 5.32 Å². The van der Waals surface area contributed by atoms with E-state index >= 15 is 0 Å². The fourth-order valence-electron chi connectivity index (χ4n) is 3.28. The summed E-state index contributed by atoms with van der Waals surface area (Å²) in [5.74, 6) is 2.24. The van der Waals surface area contributed by atoms with Crippen molar-refractivity contribution in [2.45, 2.75) is 51.4 Å². The molecule has 2 rings (SSSR count). The van der Waals surface area contributed by atoms with Gasteiger partial charge in [-0.1, -0.05) is 51.0 Å². The Morgan fingerprint density at radius 1 is 1.11 bits per heavy atom. The Labute approximate surface area is 112 Å². The molecule has 1 aromatic carbocycles. The molecule has 0 amide bonds. The molecule has 2 unspecified atom stereocenters. The minimum Gasteiger partial charge on any atom is -0.319 e. The predicted molar refractivity (Wildman–Crippen MR) is 79.2 cm³/mol. The van der Waals surface area contributed by atoms with Crippen LogP contribution >= 0.6 is 0 Å². The van der Waals surface area contributed by atoms with Gasteiger partial charge in [0.15, 0.2) is 0 Å². The van der Waals surface area contributed by atoms with Crippen LogP contribution in [0.2, 0.25) is 0 Å². The average Bonchev–Trinajstić information content (AvgIpc) is 2.40. The van der Waals surface area contributed by atoms with Crippen LogP contribution in [0, 0.1) is 5.92 Å². The van der Waals surface area contributed by atoms with E-state index < -0.39 is 0 Å². The van der Waals surface area contributed by atoms with E-state index in [-0.39, 0.29) is 0 Å². The van der Waals surface area contributed by atoms with Crippen LogP contribution in [-0.4, -0.2) is 13.6 Å². The van der Waals surface area contributed by atoms with Gasteiger partial charge in [-0.25, -0.2) is 0 Å². The largest absolute Gasteiger partial charge is 0.319 e. The van der Waals surface area contributed by atoms with Crippen molar-refractivity contribution in [3.63, 3.8) is 0 Å². The van der Waals surface area contributed by atoms with Crippen molar-refractivity contribution in [3.05, 3.63) is 35.4 Å². The first-order valence-electron chi connectivity index (χ1n) is 7.47. The Morgan fingerprint density at radius 2 is 1.78 bits per heavy atom. The minimum atomic E-state index is 0.638. The van der Waals surface area contributed by atoms with Crippen LogP contribution in [-0.2, 0) is 0 Å². The van der Waals surface area contributed by atoms with Gasteiger partial charge >= 0.3 is 0 Å². The van der Waals surface area contributed by atoms with E-state index in [1.807, 2.05) is 0 Å². The molecule has 0 saturated heterocycles. The zero-order valence-corrected chi connectivity index (χ0v) is 12.1. The van der Waals surface area contributed by atoms with Gasteiger partial charge in [0.2, 0.25) is 0 Å². The SMILES string of the molecule is CNCC1CCCCC1c1ccc(C(C)C)cc1. The van der Waals surface area contributed by atoms with E-state index in [2.05, 4.69) is 50.5 Å². The molecule has 100 valence electrons. The van der Waals surface area contributed by atoms with E-state index in [4.69, 9.17) is 0 Å². The van der Waals surface area contributed by atoms with Crippen LogP contribution in [0.15, 0.2) is 24.3 Å². The number of hydrogen-bond donors (Lipinski definition) is 1. The first kappa shape index (κ1) is 13.6. The molecule has 1 nitrogen and oxygen atoms in total. The van der Waals surface area contributed by atoms with E-state index in [1.54, 1.807) is 5.56 Å². The first-order chi connectivity index (χ1) is 8.72. The Balaban J connectivity index is 2.12. The second kappa shape index (κ2) is 6.38. The molecule has 1 N–H and O–H groups in total. The van der Waals surface area contributed by atoms with Gasteiger partial charge in [0.05, 0.1) is 0 Å². The molecule has 1 fully saturated rings. The Morgan fingerprint density at radius 3 is 2.39 bits per heavy atom. The third-order valence-electron chi connectivity index (χ3n) is 4.41. The minimum absolute atomic E-state index is 0.638. The third-order valence-corrected chi connectivity index (χ3v) is 4.41. The van der Waals surface area contributed by atoms with Gasteiger partial charge in [-0.3, -0.25) is 0 Å². The molecule has 18 heavy (non-hydrogen) atoms. The van der Waals surface area contributed by atoms with E-state index in [0.717, 1.165) is 18.4 Å². The molecule has 1 saturated carbocycles. The van der Waals surface area contributed by atoms with Crippen molar-refractivity contribution in [2.75, 3.05) is 13.6 Å². The molecule has 1 heteroatoms. The van der Waals surface area contributed by atoms with E-state index in [9.17, 15) is 0 Å². The third kappa shape index (κ3) is 3.14. The summed E-state index contributed by atoms with van der Waals surface area (Å²) in [6.07, 6.45) is 5.56. The lowest BCUT2D eigenvalue weighted by atomic mass is 9.75. The zero-order chi connectivity index (χ0) is 13.0. The van der Waals surface area contributed by atoms with E-state index in [1.165, 1.54) is 31.2 Å². The van der Waals surface area contributed by atoms with Gasteiger partial charge in [0.25, 0.3) is 0 Å². The lowest BCUT2D eigenvalue weighted by Gasteiger charge is -2.32. The number of nitrogens with one attached hydrogen (secondary N) is 1. The molecule has 2 atom stereocenters. The smallest absolute Gasteiger partial charge is 0.00177 e. The highest BCUT2D eigenvalue weighted by Crippen LogP contribution is 2.37. The standard InChI is InChI=1S/C17H27N/c1-13(2)14-8-10-15(11-9-14)17-7-5-4-6-16(17)12-18-3/h8-11,13,16-18H,4-7,12H2,1-3H3. The Bertz CT molecular complexity index is 350. The van der Waals surface area contributed by atoms with Crippen molar-refractivity contribution in [3.8, 4) is 0 Å². The number of rotatable bonds is 4. The molecule has 1 aromatic rings. The van der Waals surface area contributed by atoms with Crippen molar-refractivity contribution in [1.29, 1.82) is 0 Å². The molecular formula is C17H27N. The highest BCUT2D eigenvalue weighted by Gasteiger charge is 2.25. The van der Waals surface area contributed by atoms with Gasteiger partial charge in [0, 0.05) is 0 Å². The second-order valence-corrected chi connectivity index (χ2v) is 6.03. The molecule has 0 bridgehead atoms. The first-order valence-corrected chi connectivity index (χ1v) is 7.47. The molecule has 1 aliphatic rings. The van der Waals surface area contributed by atoms with Crippen molar-refractivity contribution in [2.24, 2.45) is 5.92 Å². The average molecular weight is 245 g/mol. The lowest BCUT2D eigenvalue weighted by molar-refractivity contribution is 0.301. The number of hydrogen-bond acceptors (Lipinski definition) is 1. The van der Waals surface area contributed by atoms with Crippen molar-refractivity contribution in [1.82, 2.24) is 5.32 Å². The molecule has 0 spiro atoms. The summed E-state index contributed by atoms with van der Waals surface area (Å²) < 4.78 is 0. The Hall–Kier alpha value is -0.820. The van der Waals surface area contributed by atoms with Crippen LogP contribution in [0.4, 0.5) is 0 Å². The zero-order valence-electron chi connectivity index (χ0n) is 12.1. The van der Waals surface area contributed by atoms with Gasteiger partial charge in [-0.05, 0) is 55.3 Å². The van der Waals surface area contributed by atoms with Gasteiger partial charge in [-0.2, -0.15) is 0 Å². The van der Waals surface area contributed by atoms with Crippen LogP contribution in [0.5, 0.6) is 0 Å². The molecule has 0 aromatic heterocycles. The second-order valence-electron chi connectivity index (χ2n) is 6.03. The Kier molecular flexibility index (Phi) is 4.82. The van der Waals surface area contributed by atoms with Gasteiger partial charge < -0.3 is 5.32 Å². The maximum Gasteiger partial charge on any atom is -0.00177 e. The summed E-state index contributed by atoms with van der Waals surface area (Å²) >= 11 is 0. The fourth-order valence-corrected chi connectivity index (χ4v) is 3.28. The summed E-state index contributed by atoms with van der Waals surface area (Å²) in [6.45, 7) is 5.69. The fraction of sp³-hybridized carbons (Fsp3) is 0.647. The number of benzene rings is 1. The molecule has 0 aliphatic heterocycles. The summed E-state index contributed by atoms with van der Waals surface area (Å²) in [7, 11) is 2.08. The van der Waals surface area contributed by atoms with Crippen LogP contribution in [0.25, 0.3) is 0 Å². The van der Waals surface area contributed by atoms with Crippen molar-refractivity contribution >= 4 is 0 Å². The quantitative estimate of drug-likeness (QED) is 0.834. The highest BCUT2D eigenvalue weighted by molar-refractivity contribution is 5.28. The van der Waals surface area contributed by atoms with Gasteiger partial charge in [0.1, 0.15) is 0 Å². The van der Waals surface area contributed by atoms with Crippen LogP contribution in [0.1, 0.15) is 62.5 Å². The monoisotopic (exact) mass is 245 g/mol. The predicted octanol–water partition coefficient (Wildman–Crippen LogP) is 4.30. The normalized spacial score (nSPS) is 24.4. The highest BCUT2D eigenvalue weighted by atomic mass is 14.8. The molecule has 0 heterocycles. The molecular weight excluding hydrogens is 218 g/mol. The summed E-state index contributed by atoms with van der Waals surface area (Å²) in [5.41, 5.74) is 3.01. The van der Waals surface area contributed by atoms with Gasteiger partial charge in [-0.15, -0.1) is 0 Å². The lowest BCUT2D eigenvalue weighted by Crippen LogP contribution is -2.27. The maximum atomic E-state index is 3.37. The summed E-state index contributed by atoms with van der Waals surface area (Å²) in [5, 5.41) is 3.37. The van der Waals surface area contributed by atoms with Crippen molar-refractivity contribution < 1.29 is 0 Å². The maximum absolute atomic E-state index is 3.37. The van der Waals surface area contributed by atoms with Crippen LogP contribution in [0.3, 0.4) is 0 Å². The van der Waals surface area contributed by atoms with E-state index in [0.29, 0.717) is 5.92 Å². The summed E-state index contributed by atoms with van der Waals surface area (Å²) in [4.78, 5) is 0.